The number of fused-ring (bicyclic) bond motifs is 2. The summed E-state index contributed by atoms with van der Waals surface area (Å²) in [6.07, 6.45) is 3.18. The number of hydrogen-bond acceptors (Lipinski definition) is 5. The SMILES string of the molecule is Cc1ccc(OCC(O)C[N+](C)(C)C)c2sc3c(c(=O)c12)C=CCC3=O. The van der Waals surface area contributed by atoms with Gasteiger partial charge in [-0.2, -0.15) is 0 Å². The van der Waals surface area contributed by atoms with E-state index in [0.717, 1.165) is 5.56 Å². The minimum Gasteiger partial charge on any atom is -0.489 e. The number of rotatable bonds is 5. The van der Waals surface area contributed by atoms with E-state index < -0.39 is 6.10 Å². The fourth-order valence-electron chi connectivity index (χ4n) is 3.16. The monoisotopic (exact) mass is 374 g/mol. The molecule has 1 aromatic heterocycles. The van der Waals surface area contributed by atoms with Crippen LogP contribution in [0.2, 0.25) is 0 Å². The smallest absolute Gasteiger partial charge is 0.196 e. The van der Waals surface area contributed by atoms with Crippen molar-refractivity contribution >= 4 is 33.3 Å². The molecule has 1 atom stereocenters. The highest BCUT2D eigenvalue weighted by Crippen LogP contribution is 2.34. The summed E-state index contributed by atoms with van der Waals surface area (Å²) in [5.41, 5.74) is 1.20. The molecule has 26 heavy (non-hydrogen) atoms. The number of carbonyl (C=O) groups excluding carboxylic acids is 1. The first kappa shape index (κ1) is 18.8. The molecule has 138 valence electrons. The molecule has 0 spiro atoms. The molecule has 2 aromatic rings. The van der Waals surface area contributed by atoms with Crippen LogP contribution in [0.15, 0.2) is 23.0 Å². The number of ether oxygens (including phenoxy) is 1. The molecule has 1 unspecified atom stereocenters. The fraction of sp³-hybridized carbons (Fsp3) is 0.400. The molecule has 1 heterocycles. The molecule has 5 nitrogen and oxygen atoms in total. The lowest BCUT2D eigenvalue weighted by Gasteiger charge is -2.26. The molecule has 0 bridgehead atoms. The van der Waals surface area contributed by atoms with Gasteiger partial charge in [-0.25, -0.2) is 0 Å². The second kappa shape index (κ2) is 6.95. The lowest BCUT2D eigenvalue weighted by atomic mass is 10.0. The summed E-state index contributed by atoms with van der Waals surface area (Å²) < 4.78 is 7.15. The largest absolute Gasteiger partial charge is 0.489 e. The highest BCUT2D eigenvalue weighted by atomic mass is 32.1. The number of benzene rings is 1. The van der Waals surface area contributed by atoms with Gasteiger partial charge < -0.3 is 14.3 Å². The molecule has 0 fully saturated rings. The predicted molar refractivity (Wildman–Crippen MR) is 105 cm³/mol. The highest BCUT2D eigenvalue weighted by molar-refractivity contribution is 7.20. The first-order valence-electron chi connectivity index (χ1n) is 8.59. The van der Waals surface area contributed by atoms with Crippen molar-refractivity contribution in [2.75, 3.05) is 34.3 Å². The quantitative estimate of drug-likeness (QED) is 0.817. The Morgan fingerprint density at radius 2 is 2.00 bits per heavy atom. The van der Waals surface area contributed by atoms with E-state index in [1.165, 1.54) is 11.3 Å². The van der Waals surface area contributed by atoms with E-state index in [1.807, 2.05) is 40.2 Å². The van der Waals surface area contributed by atoms with Crippen molar-refractivity contribution in [2.24, 2.45) is 0 Å². The van der Waals surface area contributed by atoms with Gasteiger partial charge in [-0.15, -0.1) is 11.3 Å². The zero-order valence-electron chi connectivity index (χ0n) is 15.5. The second-order valence-electron chi connectivity index (χ2n) is 7.73. The van der Waals surface area contributed by atoms with Crippen LogP contribution in [0.4, 0.5) is 0 Å². The highest BCUT2D eigenvalue weighted by Gasteiger charge is 2.22. The number of likely N-dealkylation sites (N-methyl/N-ethyl adjacent to an activating group) is 1. The van der Waals surface area contributed by atoms with Gasteiger partial charge in [-0.1, -0.05) is 18.2 Å². The van der Waals surface area contributed by atoms with Crippen molar-refractivity contribution < 1.29 is 19.1 Å². The number of quaternary nitrogens is 1. The number of nitrogens with zero attached hydrogens (tertiary/aromatic N) is 1. The second-order valence-corrected chi connectivity index (χ2v) is 8.75. The Kier molecular flexibility index (Phi) is 5.01. The van der Waals surface area contributed by atoms with Crippen LogP contribution >= 0.6 is 11.3 Å². The molecule has 0 saturated carbocycles. The van der Waals surface area contributed by atoms with E-state index in [9.17, 15) is 14.7 Å². The normalized spacial score (nSPS) is 15.2. The lowest BCUT2D eigenvalue weighted by molar-refractivity contribution is -0.873. The number of aliphatic hydroxyl groups is 1. The maximum atomic E-state index is 12.9. The maximum absolute atomic E-state index is 12.9. The van der Waals surface area contributed by atoms with Crippen LogP contribution in [0, 0.1) is 6.92 Å². The summed E-state index contributed by atoms with van der Waals surface area (Å²) in [7, 11) is 6.01. The molecular weight excluding hydrogens is 350 g/mol. The van der Waals surface area contributed by atoms with Gasteiger partial charge in [0.25, 0.3) is 0 Å². The number of aliphatic hydroxyl groups excluding tert-OH is 1. The first-order valence-corrected chi connectivity index (χ1v) is 9.40. The van der Waals surface area contributed by atoms with Crippen LogP contribution in [0.1, 0.15) is 27.2 Å². The number of carbonyl (C=O) groups is 1. The van der Waals surface area contributed by atoms with Crippen molar-refractivity contribution in [3.05, 3.63) is 44.4 Å². The molecule has 1 aliphatic carbocycles. The standard InChI is InChI=1S/C20H24NO4S/c1-12-8-9-16(25-11-13(22)10-21(2,3)4)20-17(12)18(24)14-6-5-7-15(23)19(14)26-20/h5-6,8-9,13,22H,7,10-11H2,1-4H3/q+1. The fourth-order valence-corrected chi connectivity index (χ4v) is 4.42. The zero-order chi connectivity index (χ0) is 19.1. The van der Waals surface area contributed by atoms with Gasteiger partial charge in [-0.05, 0) is 18.6 Å². The Hall–Kier alpha value is -2.02. The molecule has 0 aliphatic heterocycles. The Morgan fingerprint density at radius 1 is 1.27 bits per heavy atom. The Morgan fingerprint density at radius 3 is 2.69 bits per heavy atom. The summed E-state index contributed by atoms with van der Waals surface area (Å²) in [6, 6.07) is 3.65. The van der Waals surface area contributed by atoms with E-state index in [1.54, 1.807) is 12.2 Å². The molecular formula is C20H24NO4S+. The maximum Gasteiger partial charge on any atom is 0.196 e. The van der Waals surface area contributed by atoms with Gasteiger partial charge in [0.2, 0.25) is 0 Å². The van der Waals surface area contributed by atoms with Crippen LogP contribution < -0.4 is 10.2 Å². The van der Waals surface area contributed by atoms with Crippen molar-refractivity contribution in [1.29, 1.82) is 0 Å². The van der Waals surface area contributed by atoms with Crippen molar-refractivity contribution in [2.45, 2.75) is 19.4 Å². The summed E-state index contributed by atoms with van der Waals surface area (Å²) in [5, 5.41) is 10.8. The van der Waals surface area contributed by atoms with Crippen LogP contribution in [-0.4, -0.2) is 55.8 Å². The molecule has 0 amide bonds. The van der Waals surface area contributed by atoms with Crippen LogP contribution in [-0.2, 0) is 0 Å². The third kappa shape index (κ3) is 3.72. The molecule has 3 rings (SSSR count). The zero-order valence-corrected chi connectivity index (χ0v) is 16.4. The Balaban J connectivity index is 2.02. The van der Waals surface area contributed by atoms with Gasteiger partial charge in [0, 0.05) is 17.4 Å². The molecule has 0 saturated heterocycles. The topological polar surface area (TPSA) is 63.6 Å². The Labute approximate surface area is 156 Å². The number of hydrogen-bond donors (Lipinski definition) is 1. The first-order chi connectivity index (χ1) is 12.2. The predicted octanol–water partition coefficient (Wildman–Crippen LogP) is 2.62. The van der Waals surface area contributed by atoms with Crippen LogP contribution in [0.5, 0.6) is 5.75 Å². The van der Waals surface area contributed by atoms with Crippen molar-refractivity contribution in [1.82, 2.24) is 0 Å². The number of Topliss-reactive ketones (excluding diaryl/α,β-unsaturated/α-hetero) is 1. The molecule has 6 heteroatoms. The summed E-state index contributed by atoms with van der Waals surface area (Å²) in [5.74, 6) is 0.502. The lowest BCUT2D eigenvalue weighted by Crippen LogP contribution is -2.43. The van der Waals surface area contributed by atoms with Crippen LogP contribution in [0.3, 0.4) is 0 Å². The van der Waals surface area contributed by atoms with E-state index in [4.69, 9.17) is 4.74 Å². The average Bonchev–Trinajstić information content (AvgIpc) is 2.53. The van der Waals surface area contributed by atoms with Gasteiger partial charge in [0.05, 0.1) is 30.7 Å². The number of ketones is 1. The molecule has 1 N–H and O–H groups in total. The van der Waals surface area contributed by atoms with Crippen molar-refractivity contribution in [3.8, 4) is 5.75 Å². The van der Waals surface area contributed by atoms with E-state index in [-0.39, 0.29) is 17.8 Å². The minimum absolute atomic E-state index is 0.0379. The summed E-state index contributed by atoms with van der Waals surface area (Å²) in [6.45, 7) is 2.57. The molecule has 1 aromatic carbocycles. The van der Waals surface area contributed by atoms with E-state index in [0.29, 0.717) is 43.7 Å². The molecule has 1 aliphatic rings. The van der Waals surface area contributed by atoms with Gasteiger partial charge >= 0.3 is 0 Å². The Bertz CT molecular complexity index is 953. The van der Waals surface area contributed by atoms with Crippen molar-refractivity contribution in [3.63, 3.8) is 0 Å². The third-order valence-corrected chi connectivity index (χ3v) is 5.54. The van der Waals surface area contributed by atoms with Gasteiger partial charge in [-0.3, -0.25) is 9.59 Å². The number of allylic oxidation sites excluding steroid dienone is 1. The molecule has 0 radical (unpaired) electrons. The summed E-state index contributed by atoms with van der Waals surface area (Å²) in [4.78, 5) is 25.6. The van der Waals surface area contributed by atoms with Gasteiger partial charge in [0.1, 0.15) is 25.0 Å². The van der Waals surface area contributed by atoms with Crippen LogP contribution in [0.25, 0.3) is 16.2 Å². The third-order valence-electron chi connectivity index (χ3n) is 4.28. The number of aryl methyl sites for hydroxylation is 1. The van der Waals surface area contributed by atoms with E-state index in [2.05, 4.69) is 0 Å². The summed E-state index contributed by atoms with van der Waals surface area (Å²) >= 11 is 1.31. The van der Waals surface area contributed by atoms with E-state index >= 15 is 0 Å². The average molecular weight is 374 g/mol. The minimum atomic E-state index is -0.620. The van der Waals surface area contributed by atoms with Gasteiger partial charge in [0.15, 0.2) is 11.2 Å².